The van der Waals surface area contributed by atoms with Crippen molar-refractivity contribution >= 4 is 43.6 Å². The lowest BCUT2D eigenvalue weighted by atomic mass is 10.00. The summed E-state index contributed by atoms with van der Waals surface area (Å²) in [4.78, 5) is 0. The number of nitrogens with zero attached hydrogens (tertiary/aromatic N) is 2. The molecule has 0 saturated heterocycles. The van der Waals surface area contributed by atoms with Gasteiger partial charge in [-0.05, 0) is 116 Å². The van der Waals surface area contributed by atoms with E-state index in [4.69, 9.17) is 30.2 Å². The quantitative estimate of drug-likeness (QED) is 0.151. The van der Waals surface area contributed by atoms with Crippen molar-refractivity contribution in [2.75, 3.05) is 0 Å². The van der Waals surface area contributed by atoms with Gasteiger partial charge in [0.1, 0.15) is 0 Å². The van der Waals surface area contributed by atoms with Gasteiger partial charge in [-0.2, -0.15) is 0 Å². The highest BCUT2D eigenvalue weighted by molar-refractivity contribution is 6.12. The van der Waals surface area contributed by atoms with Gasteiger partial charge in [0.05, 0.1) is 76.9 Å². The number of benzene rings is 10. The minimum absolute atomic E-state index is 0.594. The second-order valence-electron chi connectivity index (χ2n) is 13.0. The largest absolute Gasteiger partial charge is 0.309 e. The fourth-order valence-corrected chi connectivity index (χ4v) is 6.71. The van der Waals surface area contributed by atoms with Gasteiger partial charge >= 0.3 is 0 Å². The number of hydrogen-bond donors (Lipinski definition) is 0. The number of rotatable bonds is 7. The molecule has 2 heteroatoms. The second-order valence-corrected chi connectivity index (χ2v) is 13.0. The van der Waals surface area contributed by atoms with Crippen molar-refractivity contribution in [3.63, 3.8) is 0 Å². The smallest absolute Gasteiger partial charge is 0.0651 e. The fraction of sp³-hybridized carbons (Fsp3) is 0. The van der Waals surface area contributed by atoms with Gasteiger partial charge in [-0.15, -0.1) is 0 Å². The van der Waals surface area contributed by atoms with E-state index in [1.165, 1.54) is 0 Å². The van der Waals surface area contributed by atoms with E-state index >= 15 is 0 Å². The van der Waals surface area contributed by atoms with Crippen molar-refractivity contribution in [2.45, 2.75) is 0 Å². The van der Waals surface area contributed by atoms with Crippen LogP contribution in [0.4, 0.5) is 0 Å². The summed E-state index contributed by atoms with van der Waals surface area (Å²) in [5, 5.41) is -3.03. The Labute approximate surface area is 417 Å². The third kappa shape index (κ3) is 6.12. The molecule has 0 aliphatic carbocycles. The van der Waals surface area contributed by atoms with Gasteiger partial charge in [-0.25, -0.2) is 0 Å². The van der Waals surface area contributed by atoms with Gasteiger partial charge in [-0.3, -0.25) is 0 Å². The Morgan fingerprint density at radius 3 is 1.02 bits per heavy atom. The van der Waals surface area contributed by atoms with Gasteiger partial charge < -0.3 is 9.13 Å². The van der Waals surface area contributed by atoms with Crippen LogP contribution in [0, 0.1) is 0 Å². The van der Waals surface area contributed by atoms with Crippen molar-refractivity contribution in [1.29, 1.82) is 0 Å². The third-order valence-corrected chi connectivity index (χ3v) is 9.49. The molecule has 12 rings (SSSR count). The van der Waals surface area contributed by atoms with Gasteiger partial charge in [-0.1, -0.05) is 181 Å². The summed E-state index contributed by atoms with van der Waals surface area (Å²) < 4.78 is 363. The van der Waals surface area contributed by atoms with Crippen LogP contribution in [0.5, 0.6) is 0 Å². The Balaban J connectivity index is 1.16. The first-order chi connectivity index (χ1) is 47.4. The summed E-state index contributed by atoms with van der Waals surface area (Å²) >= 11 is 0. The van der Waals surface area contributed by atoms with Crippen LogP contribution in [-0.2, 0) is 0 Å². The predicted octanol–water partition coefficient (Wildman–Crippen LogP) is 16.2. The molecule has 62 heavy (non-hydrogen) atoms. The third-order valence-electron chi connectivity index (χ3n) is 9.49. The normalized spacial score (nSPS) is 20.6. The van der Waals surface area contributed by atoms with Gasteiger partial charge in [0.2, 0.25) is 0 Å². The van der Waals surface area contributed by atoms with Crippen LogP contribution in [0.3, 0.4) is 0 Å². The zero-order valence-electron chi connectivity index (χ0n) is 70.9. The zero-order chi connectivity index (χ0) is 75.8. The SMILES string of the molecule is [2H]c1c([2H])c([2H])c(-c2c([2H])c([2H])c(-c3c([2H])c([2H])c(-n4c5c([2H])c([2H])c([2H])c([2H])c5c5c([2H])c(-c6c([2H])c([2H])c7c(c6[2H])c6c([2H])c([2H])c([2H])c([2H])c6n7-c6c([2H])c([2H])c([2H])c(-c7c([2H])c([2H])c(-c8c([2H])c([2H])c([2H])c([2H])c8[2H])c([2H])c7[2H])c6[2H])c([2H])c([2H])c54)c([2H])c3[2H])c([2H])c2[2H])c([2H])c1[2H]. The molecule has 0 aliphatic rings. The lowest BCUT2D eigenvalue weighted by Gasteiger charge is -2.11. The van der Waals surface area contributed by atoms with E-state index in [2.05, 4.69) is 0 Å². The van der Waals surface area contributed by atoms with Gasteiger partial charge in [0.15, 0.2) is 0 Å². The van der Waals surface area contributed by atoms with Crippen LogP contribution in [-0.4, -0.2) is 9.13 Å². The van der Waals surface area contributed by atoms with Crippen molar-refractivity contribution < 1.29 is 54.8 Å². The molecular formula is C60H40N2. The summed E-state index contributed by atoms with van der Waals surface area (Å²) in [6.45, 7) is 0. The second kappa shape index (κ2) is 14.8. The van der Waals surface area contributed by atoms with Crippen LogP contribution in [0.2, 0.25) is 0 Å². The Morgan fingerprint density at radius 1 is 0.210 bits per heavy atom. The van der Waals surface area contributed by atoms with E-state index in [0.29, 0.717) is 9.13 Å². The van der Waals surface area contributed by atoms with Crippen molar-refractivity contribution in [3.8, 4) is 67.0 Å². The van der Waals surface area contributed by atoms with Crippen LogP contribution >= 0.6 is 0 Å². The summed E-state index contributed by atoms with van der Waals surface area (Å²) in [7, 11) is 0. The van der Waals surface area contributed by atoms with E-state index in [9.17, 15) is 24.7 Å². The molecule has 0 fully saturated rings. The molecular weight excluding hydrogens is 749 g/mol. The molecule has 0 spiro atoms. The lowest BCUT2D eigenvalue weighted by molar-refractivity contribution is 1.18. The number of hydrogen-bond acceptors (Lipinski definition) is 0. The molecule has 2 aromatic heterocycles. The standard InChI is InChI=1S/C60H40N2/c1-3-12-41(13-4-1)43-22-24-45(25-23-43)46-30-34-51(35-31-46)61-57-20-9-7-18-53(57)55-39-49(32-36-59(55)61)50-33-37-60-56(40-50)54-19-8-10-21-58(54)62(60)52-17-11-16-48(38-52)47-28-26-44(27-29-47)42-14-5-2-6-15-42/h1-40H/i1D,2D,3D,4D,5D,6D,7D,8D,9D,10D,11D,12D,13D,14D,15D,16D,17D,18D,19D,20D,21D,22D,23D,24D,25D,26D,27D,28D,29D,30D,31D,32D,33D,34D,35D,36D,37D,38D,39D,40D. The summed E-state index contributed by atoms with van der Waals surface area (Å²) in [6, 6.07) is -42.1. The van der Waals surface area contributed by atoms with Crippen LogP contribution in [0.1, 0.15) is 54.8 Å². The average molecular weight is 829 g/mol. The van der Waals surface area contributed by atoms with Gasteiger partial charge in [0.25, 0.3) is 0 Å². The van der Waals surface area contributed by atoms with E-state index in [1.54, 1.807) is 0 Å². The Kier molecular flexibility index (Phi) is 3.26. The summed E-state index contributed by atoms with van der Waals surface area (Å²) in [6.07, 6.45) is 0. The molecule has 2 nitrogen and oxygen atoms in total. The van der Waals surface area contributed by atoms with Crippen LogP contribution in [0.25, 0.3) is 111 Å². The molecule has 12 aromatic rings. The molecule has 0 unspecified atom stereocenters. The van der Waals surface area contributed by atoms with E-state index in [-0.39, 0.29) is 0 Å². The van der Waals surface area contributed by atoms with E-state index < -0.39 is 352 Å². The molecule has 2 heterocycles. The number of aromatic nitrogens is 2. The monoisotopic (exact) mass is 829 g/mol. The van der Waals surface area contributed by atoms with Crippen molar-refractivity contribution in [3.05, 3.63) is 242 Å². The highest BCUT2D eigenvalue weighted by Crippen LogP contribution is 2.39. The maximum absolute atomic E-state index is 10.0. The van der Waals surface area contributed by atoms with Crippen LogP contribution < -0.4 is 0 Å². The lowest BCUT2D eigenvalue weighted by Crippen LogP contribution is -1.94. The van der Waals surface area contributed by atoms with Crippen molar-refractivity contribution in [1.82, 2.24) is 9.13 Å². The van der Waals surface area contributed by atoms with E-state index in [1.807, 2.05) is 0 Å². The molecule has 0 amide bonds. The summed E-state index contributed by atoms with van der Waals surface area (Å²) in [5.41, 5.74) is -14.1. The zero-order valence-corrected chi connectivity index (χ0v) is 30.9. The Morgan fingerprint density at radius 2 is 0.532 bits per heavy atom. The maximum atomic E-state index is 10.0. The molecule has 0 saturated carbocycles. The number of fused-ring (bicyclic) bond motifs is 6. The van der Waals surface area contributed by atoms with Crippen LogP contribution in [0.15, 0.2) is 242 Å². The molecule has 10 aromatic carbocycles. The summed E-state index contributed by atoms with van der Waals surface area (Å²) in [5.74, 6) is 0. The average Bonchev–Trinajstić information content (AvgIpc) is 1.49. The highest BCUT2D eigenvalue weighted by atomic mass is 15.0. The number of para-hydroxylation sites is 2. The minimum Gasteiger partial charge on any atom is -0.309 e. The topological polar surface area (TPSA) is 9.86 Å². The Bertz CT molecular complexity index is 5860. The fourth-order valence-electron chi connectivity index (χ4n) is 6.71. The molecule has 0 aliphatic heterocycles. The Hall–Kier alpha value is -8.20. The maximum Gasteiger partial charge on any atom is 0.0651 e. The predicted molar refractivity (Wildman–Crippen MR) is 262 cm³/mol. The first-order valence-electron chi connectivity index (χ1n) is 38.1. The highest BCUT2D eigenvalue weighted by Gasteiger charge is 2.17. The van der Waals surface area contributed by atoms with Crippen molar-refractivity contribution in [2.24, 2.45) is 0 Å². The molecule has 0 radical (unpaired) electrons. The first-order valence-corrected chi connectivity index (χ1v) is 18.1. The van der Waals surface area contributed by atoms with E-state index in [0.717, 1.165) is 0 Å². The van der Waals surface area contributed by atoms with Gasteiger partial charge in [0, 0.05) is 32.9 Å². The molecule has 0 N–H and O–H groups in total. The molecule has 0 bridgehead atoms. The minimum atomic E-state index is -1.20. The molecule has 290 valence electrons. The molecule has 0 atom stereocenters. The first kappa shape index (κ1) is 13.7.